The molecule has 2 heterocycles. The lowest BCUT2D eigenvalue weighted by atomic mass is 9.95. The Bertz CT molecular complexity index is 1650. The summed E-state index contributed by atoms with van der Waals surface area (Å²) in [5.41, 5.74) is 3.71. The van der Waals surface area contributed by atoms with Crippen LogP contribution in [-0.4, -0.2) is 57.8 Å². The fourth-order valence-corrected chi connectivity index (χ4v) is 5.90. The summed E-state index contributed by atoms with van der Waals surface area (Å²) < 4.78 is 13.3. The van der Waals surface area contributed by atoms with Gasteiger partial charge in [-0.15, -0.1) is 5.10 Å². The molecule has 0 radical (unpaired) electrons. The van der Waals surface area contributed by atoms with Crippen LogP contribution in [0.5, 0.6) is 11.5 Å². The third-order valence-electron chi connectivity index (χ3n) is 7.40. The van der Waals surface area contributed by atoms with E-state index in [1.165, 1.54) is 11.8 Å². The molecule has 2 amide bonds. The Kier molecular flexibility index (Phi) is 10.4. The van der Waals surface area contributed by atoms with Crippen molar-refractivity contribution >= 4 is 35.2 Å². The zero-order valence-electron chi connectivity index (χ0n) is 25.9. The van der Waals surface area contributed by atoms with E-state index >= 15 is 0 Å². The second kappa shape index (κ2) is 14.8. The summed E-state index contributed by atoms with van der Waals surface area (Å²) >= 11 is 1.53. The molecule has 2 N–H and O–H groups in total. The van der Waals surface area contributed by atoms with E-state index < -0.39 is 6.04 Å². The summed E-state index contributed by atoms with van der Waals surface area (Å²) in [7, 11) is 0. The number of benzene rings is 3. The standard InChI is InChI=1S/C34H38N6O4S/c1-5-39(6-2)29(41)21-44-26-19-17-25(18-20-26)31-30(32(42)36-27-15-11-12-16-28(27)43-7-3)23(4)35-33-37-34(38-40(31)33)45-22-24-13-9-8-10-14-24/h8-20,31H,5-7,21-22H2,1-4H3,(H,36,42)(H,35,37,38). The Morgan fingerprint density at radius 3 is 2.38 bits per heavy atom. The van der Waals surface area contributed by atoms with E-state index in [1.807, 2.05) is 94.4 Å². The molecule has 0 bridgehead atoms. The highest BCUT2D eigenvalue weighted by atomic mass is 32.2. The Hall–Kier alpha value is -4.77. The summed E-state index contributed by atoms with van der Waals surface area (Å²) in [6, 6.07) is 24.3. The molecule has 4 aromatic rings. The third kappa shape index (κ3) is 7.49. The van der Waals surface area contributed by atoms with Crippen LogP contribution in [0.2, 0.25) is 0 Å². The fraction of sp³-hybridized carbons (Fsp3) is 0.294. The van der Waals surface area contributed by atoms with Gasteiger partial charge >= 0.3 is 0 Å². The smallest absolute Gasteiger partial charge is 0.260 e. The van der Waals surface area contributed by atoms with E-state index in [0.29, 0.717) is 65.0 Å². The number of allylic oxidation sites excluding steroid dienone is 1. The van der Waals surface area contributed by atoms with Crippen LogP contribution in [0.25, 0.3) is 0 Å². The first-order chi connectivity index (χ1) is 21.9. The average molecular weight is 627 g/mol. The van der Waals surface area contributed by atoms with Crippen LogP contribution in [0.15, 0.2) is 95.3 Å². The zero-order valence-corrected chi connectivity index (χ0v) is 26.8. The molecular weight excluding hydrogens is 588 g/mol. The van der Waals surface area contributed by atoms with E-state index in [4.69, 9.17) is 19.6 Å². The van der Waals surface area contributed by atoms with E-state index in [0.717, 1.165) is 11.1 Å². The number of rotatable bonds is 13. The minimum Gasteiger partial charge on any atom is -0.492 e. The van der Waals surface area contributed by atoms with E-state index in [1.54, 1.807) is 9.58 Å². The summed E-state index contributed by atoms with van der Waals surface area (Å²) in [6.45, 7) is 9.33. The molecule has 0 aliphatic carbocycles. The van der Waals surface area contributed by atoms with Crippen molar-refractivity contribution in [3.05, 3.63) is 101 Å². The lowest BCUT2D eigenvalue weighted by Crippen LogP contribution is -2.34. The number of para-hydroxylation sites is 2. The van der Waals surface area contributed by atoms with Gasteiger partial charge in [0.1, 0.15) is 17.5 Å². The largest absolute Gasteiger partial charge is 0.492 e. The molecule has 0 fully saturated rings. The molecular formula is C34H38N6O4S. The van der Waals surface area contributed by atoms with Gasteiger partial charge in [-0.1, -0.05) is 66.4 Å². The van der Waals surface area contributed by atoms with Gasteiger partial charge in [-0.05, 0) is 63.1 Å². The van der Waals surface area contributed by atoms with Crippen molar-refractivity contribution in [3.8, 4) is 11.5 Å². The first-order valence-electron chi connectivity index (χ1n) is 15.1. The minimum absolute atomic E-state index is 0.0461. The van der Waals surface area contributed by atoms with Crippen LogP contribution in [0, 0.1) is 0 Å². The first-order valence-corrected chi connectivity index (χ1v) is 16.0. The maximum atomic E-state index is 14.0. The normalized spacial score (nSPS) is 13.9. The molecule has 0 saturated carbocycles. The number of likely N-dealkylation sites (N-methyl/N-ethyl adjacent to an activating group) is 1. The number of carbonyl (C=O) groups is 2. The van der Waals surface area contributed by atoms with Gasteiger partial charge in [0.25, 0.3) is 11.8 Å². The number of hydrogen-bond donors (Lipinski definition) is 2. The molecule has 10 nitrogen and oxygen atoms in total. The molecule has 45 heavy (non-hydrogen) atoms. The lowest BCUT2D eigenvalue weighted by Gasteiger charge is -2.29. The molecule has 5 rings (SSSR count). The van der Waals surface area contributed by atoms with Crippen molar-refractivity contribution in [2.45, 2.75) is 44.6 Å². The number of amides is 2. The summed E-state index contributed by atoms with van der Waals surface area (Å²) in [6.07, 6.45) is 0. The van der Waals surface area contributed by atoms with Gasteiger partial charge in [-0.2, -0.15) is 4.98 Å². The molecule has 1 unspecified atom stereocenters. The number of aromatic nitrogens is 3. The maximum Gasteiger partial charge on any atom is 0.260 e. The molecule has 1 aliphatic heterocycles. The Labute approximate surface area is 267 Å². The number of carbonyl (C=O) groups excluding carboxylic acids is 2. The van der Waals surface area contributed by atoms with E-state index in [2.05, 4.69) is 22.8 Å². The van der Waals surface area contributed by atoms with Crippen molar-refractivity contribution in [1.29, 1.82) is 0 Å². The van der Waals surface area contributed by atoms with Crippen LogP contribution in [-0.2, 0) is 15.3 Å². The first kappa shape index (κ1) is 31.6. The highest BCUT2D eigenvalue weighted by molar-refractivity contribution is 7.98. The third-order valence-corrected chi connectivity index (χ3v) is 8.31. The second-order valence-corrected chi connectivity index (χ2v) is 11.3. The van der Waals surface area contributed by atoms with Gasteiger partial charge in [-0.3, -0.25) is 9.59 Å². The summed E-state index contributed by atoms with van der Waals surface area (Å²) in [5, 5.41) is 11.8. The van der Waals surface area contributed by atoms with Crippen LogP contribution < -0.4 is 20.1 Å². The van der Waals surface area contributed by atoms with E-state index in [9.17, 15) is 9.59 Å². The second-order valence-electron chi connectivity index (χ2n) is 10.3. The summed E-state index contributed by atoms with van der Waals surface area (Å²) in [5.74, 6) is 2.05. The van der Waals surface area contributed by atoms with Gasteiger partial charge in [0.2, 0.25) is 11.1 Å². The van der Waals surface area contributed by atoms with Crippen molar-refractivity contribution in [3.63, 3.8) is 0 Å². The molecule has 3 aromatic carbocycles. The average Bonchev–Trinajstić information content (AvgIpc) is 3.47. The maximum absolute atomic E-state index is 14.0. The fourth-order valence-electron chi connectivity index (χ4n) is 5.12. The number of ether oxygens (including phenoxy) is 2. The minimum atomic E-state index is -0.578. The monoisotopic (exact) mass is 626 g/mol. The van der Waals surface area contributed by atoms with Crippen LogP contribution >= 0.6 is 11.8 Å². The predicted octanol–water partition coefficient (Wildman–Crippen LogP) is 6.14. The highest BCUT2D eigenvalue weighted by Gasteiger charge is 2.35. The topological polar surface area (TPSA) is 111 Å². The molecule has 1 aliphatic rings. The van der Waals surface area contributed by atoms with Gasteiger partial charge in [0, 0.05) is 24.5 Å². The number of hydrogen-bond acceptors (Lipinski definition) is 8. The van der Waals surface area contributed by atoms with Gasteiger partial charge < -0.3 is 25.0 Å². The molecule has 1 aromatic heterocycles. The highest BCUT2D eigenvalue weighted by Crippen LogP contribution is 2.38. The molecule has 0 spiro atoms. The molecule has 1 atom stereocenters. The number of nitrogens with zero attached hydrogens (tertiary/aromatic N) is 4. The Balaban J connectivity index is 1.44. The van der Waals surface area contributed by atoms with Crippen molar-refractivity contribution in [1.82, 2.24) is 19.7 Å². The number of fused-ring (bicyclic) bond motifs is 1. The number of thioether (sulfide) groups is 1. The van der Waals surface area contributed by atoms with Gasteiger partial charge in [0.15, 0.2) is 6.61 Å². The SMILES string of the molecule is CCOc1ccccc1NC(=O)C1=C(C)Nc2nc(SCc3ccccc3)nn2C1c1ccc(OCC(=O)N(CC)CC)cc1. The zero-order chi connectivity index (χ0) is 31.8. The number of anilines is 2. The van der Waals surface area contributed by atoms with Crippen molar-refractivity contribution in [2.75, 3.05) is 36.9 Å². The number of nitrogens with one attached hydrogen (secondary N) is 2. The van der Waals surface area contributed by atoms with Crippen molar-refractivity contribution in [2.24, 2.45) is 0 Å². The lowest BCUT2D eigenvalue weighted by molar-refractivity contribution is -0.133. The molecule has 0 saturated heterocycles. The van der Waals surface area contributed by atoms with Crippen LogP contribution in [0.3, 0.4) is 0 Å². The Morgan fingerprint density at radius 1 is 0.956 bits per heavy atom. The van der Waals surface area contributed by atoms with Crippen molar-refractivity contribution < 1.29 is 19.1 Å². The van der Waals surface area contributed by atoms with Crippen LogP contribution in [0.4, 0.5) is 11.6 Å². The Morgan fingerprint density at radius 2 is 1.67 bits per heavy atom. The van der Waals surface area contributed by atoms with Gasteiger partial charge in [-0.25, -0.2) is 4.68 Å². The molecule has 234 valence electrons. The van der Waals surface area contributed by atoms with Gasteiger partial charge in [0.05, 0.1) is 17.9 Å². The predicted molar refractivity (Wildman–Crippen MR) is 177 cm³/mol. The summed E-state index contributed by atoms with van der Waals surface area (Å²) in [4.78, 5) is 33.0. The van der Waals surface area contributed by atoms with E-state index in [-0.39, 0.29) is 18.4 Å². The quantitative estimate of drug-likeness (QED) is 0.170. The molecule has 11 heteroatoms. The van der Waals surface area contributed by atoms with Crippen LogP contribution in [0.1, 0.15) is 44.9 Å².